The van der Waals surface area contributed by atoms with Crippen LogP contribution in [-0.2, 0) is 4.79 Å². The van der Waals surface area contributed by atoms with E-state index in [1.807, 2.05) is 18.2 Å². The molecule has 1 aliphatic carbocycles. The summed E-state index contributed by atoms with van der Waals surface area (Å²) in [5.74, 6) is 5.40. The summed E-state index contributed by atoms with van der Waals surface area (Å²) in [4.78, 5) is 11.3. The second-order valence-corrected chi connectivity index (χ2v) is 4.79. The molecular weight excluding hydrogens is 238 g/mol. The average Bonchev–Trinajstić information content (AvgIpc) is 2.46. The van der Waals surface area contributed by atoms with Gasteiger partial charge in [-0.3, -0.25) is 10.6 Å². The number of hydrazine groups is 1. The van der Waals surface area contributed by atoms with Crippen molar-refractivity contribution in [3.8, 4) is 0 Å². The number of allylic oxidation sites excluding steroid dienone is 1. The first-order valence-electron chi connectivity index (χ1n) is 6.36. The molecule has 0 saturated heterocycles. The van der Waals surface area contributed by atoms with Crippen LogP contribution in [0.3, 0.4) is 0 Å². The molecule has 0 spiro atoms. The molecule has 1 unspecified atom stereocenters. The number of amides is 1. The summed E-state index contributed by atoms with van der Waals surface area (Å²) in [5.41, 5.74) is 11.4. The minimum atomic E-state index is -0.489. The summed E-state index contributed by atoms with van der Waals surface area (Å²) in [6.45, 7) is 3.78. The van der Waals surface area contributed by atoms with Crippen LogP contribution in [0.15, 0.2) is 53.8 Å². The van der Waals surface area contributed by atoms with Crippen LogP contribution in [0.25, 0.3) is 0 Å². The highest BCUT2D eigenvalue weighted by Gasteiger charge is 2.25. The molecule has 0 aromatic heterocycles. The van der Waals surface area contributed by atoms with Gasteiger partial charge < -0.3 is 11.2 Å². The molecule has 2 rings (SSSR count). The lowest BCUT2D eigenvalue weighted by atomic mass is 9.80. The second-order valence-electron chi connectivity index (χ2n) is 4.79. The molecule has 5 N–H and O–H groups in total. The molecule has 4 nitrogen and oxygen atoms in total. The summed E-state index contributed by atoms with van der Waals surface area (Å²) in [6, 6.07) is 10.3. The first-order valence-corrected chi connectivity index (χ1v) is 6.36. The minimum Gasteiger partial charge on any atom is -0.366 e. The van der Waals surface area contributed by atoms with E-state index in [1.165, 1.54) is 5.56 Å². The number of hydrogen-bond donors (Lipinski definition) is 3. The van der Waals surface area contributed by atoms with Gasteiger partial charge in [-0.15, -0.1) is 0 Å². The Morgan fingerprint density at radius 3 is 2.58 bits per heavy atom. The highest BCUT2D eigenvalue weighted by molar-refractivity contribution is 5.96. The number of nitrogens with one attached hydrogen (secondary N) is 1. The fraction of sp³-hybridized carbons (Fsp3) is 0.267. The van der Waals surface area contributed by atoms with Gasteiger partial charge in [-0.05, 0) is 36.3 Å². The summed E-state index contributed by atoms with van der Waals surface area (Å²) in [6.07, 6.45) is 2.54. The van der Waals surface area contributed by atoms with Gasteiger partial charge in [-0.25, -0.2) is 0 Å². The topological polar surface area (TPSA) is 81.1 Å². The zero-order valence-corrected chi connectivity index (χ0v) is 10.9. The third kappa shape index (κ3) is 2.85. The Hall–Kier alpha value is -2.07. The predicted octanol–water partition coefficient (Wildman–Crippen LogP) is 1.71. The molecular formula is C15H19N3O. The van der Waals surface area contributed by atoms with Crippen molar-refractivity contribution in [3.05, 3.63) is 59.3 Å². The maximum absolute atomic E-state index is 11.3. The lowest BCUT2D eigenvalue weighted by Gasteiger charge is -2.27. The molecule has 0 aliphatic heterocycles. The van der Waals surface area contributed by atoms with Crippen molar-refractivity contribution in [2.24, 2.45) is 11.6 Å². The van der Waals surface area contributed by atoms with Crippen LogP contribution in [-0.4, -0.2) is 5.91 Å². The first-order chi connectivity index (χ1) is 9.13. The van der Waals surface area contributed by atoms with Gasteiger partial charge >= 0.3 is 0 Å². The van der Waals surface area contributed by atoms with Crippen LogP contribution in [0.2, 0.25) is 0 Å². The van der Waals surface area contributed by atoms with Crippen LogP contribution in [0, 0.1) is 0 Å². The molecule has 19 heavy (non-hydrogen) atoms. The Balaban J connectivity index is 2.27. The largest absolute Gasteiger partial charge is 0.366 e. The van der Waals surface area contributed by atoms with E-state index in [1.54, 1.807) is 0 Å². The highest BCUT2D eigenvalue weighted by atomic mass is 16.1. The number of carbonyl (C=O) groups is 1. The molecule has 100 valence electrons. The van der Waals surface area contributed by atoms with Gasteiger partial charge in [0.1, 0.15) is 0 Å². The highest BCUT2D eigenvalue weighted by Crippen LogP contribution is 2.37. The molecule has 1 amide bonds. The Bertz CT molecular complexity index is 519. The fourth-order valence-corrected chi connectivity index (χ4v) is 2.56. The van der Waals surface area contributed by atoms with E-state index in [4.69, 9.17) is 11.6 Å². The van der Waals surface area contributed by atoms with E-state index in [2.05, 4.69) is 24.1 Å². The van der Waals surface area contributed by atoms with Crippen molar-refractivity contribution < 1.29 is 4.79 Å². The Morgan fingerprint density at radius 1 is 1.32 bits per heavy atom. The Morgan fingerprint density at radius 2 is 2.00 bits per heavy atom. The van der Waals surface area contributed by atoms with E-state index in [9.17, 15) is 4.79 Å². The lowest BCUT2D eigenvalue weighted by molar-refractivity contribution is -0.114. The molecule has 0 heterocycles. The van der Waals surface area contributed by atoms with Gasteiger partial charge in [0, 0.05) is 11.3 Å². The quantitative estimate of drug-likeness (QED) is 0.436. The van der Waals surface area contributed by atoms with Crippen molar-refractivity contribution in [2.75, 3.05) is 0 Å². The van der Waals surface area contributed by atoms with E-state index in [-0.39, 0.29) is 0 Å². The second kappa shape index (κ2) is 5.71. The molecule has 0 fully saturated rings. The molecule has 0 saturated carbocycles. The van der Waals surface area contributed by atoms with Crippen LogP contribution < -0.4 is 17.0 Å². The summed E-state index contributed by atoms with van der Waals surface area (Å²) in [7, 11) is 0. The number of benzene rings is 1. The number of nitrogens with two attached hydrogens (primary N) is 2. The summed E-state index contributed by atoms with van der Waals surface area (Å²) < 4.78 is 0. The van der Waals surface area contributed by atoms with Gasteiger partial charge in [0.2, 0.25) is 5.91 Å². The average molecular weight is 257 g/mol. The van der Waals surface area contributed by atoms with Gasteiger partial charge in [-0.1, -0.05) is 36.9 Å². The van der Waals surface area contributed by atoms with E-state index >= 15 is 0 Å². The number of carbonyl (C=O) groups excluding carboxylic acids is 1. The van der Waals surface area contributed by atoms with E-state index in [0.29, 0.717) is 11.5 Å². The smallest absolute Gasteiger partial charge is 0.248 e. The molecule has 0 bridgehead atoms. The van der Waals surface area contributed by atoms with Gasteiger partial charge in [0.25, 0.3) is 0 Å². The number of rotatable bonds is 4. The third-order valence-electron chi connectivity index (χ3n) is 3.66. The molecule has 1 atom stereocenters. The van der Waals surface area contributed by atoms with Crippen molar-refractivity contribution in [1.29, 1.82) is 0 Å². The molecule has 0 radical (unpaired) electrons. The summed E-state index contributed by atoms with van der Waals surface area (Å²) >= 11 is 0. The van der Waals surface area contributed by atoms with Crippen LogP contribution >= 0.6 is 0 Å². The maximum atomic E-state index is 11.3. The number of hydrogen-bond acceptors (Lipinski definition) is 3. The number of primary amides is 1. The van der Waals surface area contributed by atoms with Crippen molar-refractivity contribution in [2.45, 2.75) is 25.2 Å². The van der Waals surface area contributed by atoms with E-state index in [0.717, 1.165) is 30.5 Å². The lowest BCUT2D eigenvalue weighted by Crippen LogP contribution is -2.28. The molecule has 1 aliphatic rings. The third-order valence-corrected chi connectivity index (χ3v) is 3.66. The van der Waals surface area contributed by atoms with Crippen LogP contribution in [0.5, 0.6) is 0 Å². The van der Waals surface area contributed by atoms with Crippen LogP contribution in [0.4, 0.5) is 0 Å². The maximum Gasteiger partial charge on any atom is 0.248 e. The zero-order valence-electron chi connectivity index (χ0n) is 10.9. The van der Waals surface area contributed by atoms with Gasteiger partial charge in [-0.2, -0.15) is 0 Å². The van der Waals surface area contributed by atoms with Gasteiger partial charge in [0.15, 0.2) is 0 Å². The molecule has 1 aromatic carbocycles. The SMILES string of the molecule is C=C(C(N)=O)C1=C(NN)CCC(c2ccccc2)C1. The summed E-state index contributed by atoms with van der Waals surface area (Å²) in [5, 5.41) is 0. The van der Waals surface area contributed by atoms with Crippen LogP contribution in [0.1, 0.15) is 30.7 Å². The van der Waals surface area contributed by atoms with Crippen molar-refractivity contribution in [3.63, 3.8) is 0 Å². The Labute approximate surface area is 113 Å². The van der Waals surface area contributed by atoms with Crippen molar-refractivity contribution in [1.82, 2.24) is 5.43 Å². The molecule has 1 aromatic rings. The standard InChI is InChI=1S/C15H19N3O/c1-10(15(16)19)13-9-12(7-8-14(13)18-17)11-5-3-2-4-6-11/h2-6,12,18H,1,7-9,17H2,(H2,16,19). The normalized spacial score (nSPS) is 19.1. The Kier molecular flexibility index (Phi) is 4.02. The zero-order chi connectivity index (χ0) is 13.8. The van der Waals surface area contributed by atoms with Gasteiger partial charge in [0.05, 0.1) is 0 Å². The fourth-order valence-electron chi connectivity index (χ4n) is 2.56. The predicted molar refractivity (Wildman–Crippen MR) is 75.7 cm³/mol. The van der Waals surface area contributed by atoms with Crippen molar-refractivity contribution >= 4 is 5.91 Å². The minimum absolute atomic E-state index is 0.355. The van der Waals surface area contributed by atoms with E-state index < -0.39 is 5.91 Å². The molecule has 4 heteroatoms. The first kappa shape index (κ1) is 13.4. The monoisotopic (exact) mass is 257 g/mol.